The Kier molecular flexibility index (Phi) is 3.65. The van der Waals surface area contributed by atoms with Crippen molar-refractivity contribution in [1.29, 1.82) is 0 Å². The van der Waals surface area contributed by atoms with Gasteiger partial charge in [-0.2, -0.15) is 5.10 Å². The predicted molar refractivity (Wildman–Crippen MR) is 95.8 cm³/mol. The molecule has 4 rings (SSSR count). The van der Waals surface area contributed by atoms with E-state index in [-0.39, 0.29) is 5.82 Å². The van der Waals surface area contributed by atoms with Gasteiger partial charge in [0.2, 0.25) is 0 Å². The monoisotopic (exact) mass is 337 g/mol. The number of para-hydroxylation sites is 1. The number of nitrogens with zero attached hydrogens (tertiary/aromatic N) is 3. The highest BCUT2D eigenvalue weighted by molar-refractivity contribution is 7.15. The molecule has 0 aliphatic heterocycles. The van der Waals surface area contributed by atoms with Crippen LogP contribution in [0.4, 0.5) is 4.39 Å². The van der Waals surface area contributed by atoms with Crippen molar-refractivity contribution >= 4 is 22.2 Å². The molecule has 5 heteroatoms. The molecule has 0 atom stereocenters. The quantitative estimate of drug-likeness (QED) is 0.529. The Morgan fingerprint density at radius 2 is 1.79 bits per heavy atom. The molecular weight excluding hydrogens is 321 g/mol. The molecule has 120 valence electrons. The van der Waals surface area contributed by atoms with Gasteiger partial charge in [-0.15, -0.1) is 11.3 Å². The maximum Gasteiger partial charge on any atom is 0.144 e. The smallest absolute Gasteiger partial charge is 0.144 e. The number of hydrogen-bond donors (Lipinski definition) is 0. The van der Waals surface area contributed by atoms with E-state index in [4.69, 9.17) is 5.10 Å². The highest BCUT2D eigenvalue weighted by Gasteiger charge is 2.16. The van der Waals surface area contributed by atoms with Gasteiger partial charge in [0.15, 0.2) is 0 Å². The first-order valence-electron chi connectivity index (χ1n) is 7.77. The summed E-state index contributed by atoms with van der Waals surface area (Å²) in [6.45, 7) is 4.47. The maximum atomic E-state index is 14.0. The highest BCUT2D eigenvalue weighted by Crippen LogP contribution is 2.32. The summed E-state index contributed by atoms with van der Waals surface area (Å²) in [5.74, 6) is -0.209. The molecule has 0 unspecified atom stereocenters. The van der Waals surface area contributed by atoms with Gasteiger partial charge in [-0.25, -0.2) is 9.37 Å². The van der Waals surface area contributed by atoms with Crippen LogP contribution in [0.1, 0.15) is 16.1 Å². The average Bonchev–Trinajstić information content (AvgIpc) is 3.11. The number of halogens is 1. The maximum absolute atomic E-state index is 14.0. The Hall–Kier alpha value is -2.53. The van der Waals surface area contributed by atoms with Crippen molar-refractivity contribution in [1.82, 2.24) is 14.8 Å². The van der Waals surface area contributed by atoms with Crippen LogP contribution in [0, 0.1) is 19.7 Å². The fourth-order valence-electron chi connectivity index (χ4n) is 2.77. The summed E-state index contributed by atoms with van der Waals surface area (Å²) in [5, 5.41) is 6.70. The second-order valence-electron chi connectivity index (χ2n) is 5.78. The number of aryl methyl sites for hydroxylation is 2. The van der Waals surface area contributed by atoms with Gasteiger partial charge in [0.05, 0.1) is 17.8 Å². The average molecular weight is 337 g/mol. The van der Waals surface area contributed by atoms with Gasteiger partial charge in [-0.3, -0.25) is 4.68 Å². The lowest BCUT2D eigenvalue weighted by molar-refractivity contribution is 0.591. The lowest BCUT2D eigenvalue weighted by Crippen LogP contribution is -2.03. The van der Waals surface area contributed by atoms with E-state index < -0.39 is 0 Å². The second-order valence-corrected chi connectivity index (χ2v) is 6.98. The van der Waals surface area contributed by atoms with Crippen molar-refractivity contribution in [2.75, 3.05) is 0 Å². The van der Waals surface area contributed by atoms with Crippen molar-refractivity contribution in [2.45, 2.75) is 20.4 Å². The number of thiazole rings is 1. The number of rotatable bonds is 3. The normalized spacial score (nSPS) is 11.3. The SMILES string of the molecule is Cc1nc(-c2nn(Cc3ccccc3F)c3ccccc23)sc1C. The van der Waals surface area contributed by atoms with Crippen LogP contribution < -0.4 is 0 Å². The number of aromatic nitrogens is 3. The van der Waals surface area contributed by atoms with Crippen molar-refractivity contribution < 1.29 is 4.39 Å². The van der Waals surface area contributed by atoms with E-state index in [1.807, 2.05) is 41.9 Å². The molecule has 0 saturated heterocycles. The standard InChI is InChI=1S/C19H16FN3S/c1-12-13(2)24-19(21-12)18-15-8-4-6-10-17(15)23(22-18)11-14-7-3-5-9-16(14)20/h3-10H,11H2,1-2H3. The van der Waals surface area contributed by atoms with E-state index in [1.54, 1.807) is 23.5 Å². The van der Waals surface area contributed by atoms with E-state index in [1.165, 1.54) is 10.9 Å². The fourth-order valence-corrected chi connectivity index (χ4v) is 3.68. The molecule has 0 aliphatic rings. The number of fused-ring (bicyclic) bond motifs is 1. The molecule has 2 aromatic heterocycles. The predicted octanol–water partition coefficient (Wildman–Crippen LogP) is 4.96. The molecule has 0 N–H and O–H groups in total. The minimum absolute atomic E-state index is 0.209. The zero-order valence-corrected chi connectivity index (χ0v) is 14.3. The zero-order chi connectivity index (χ0) is 16.7. The van der Waals surface area contributed by atoms with Crippen LogP contribution in [0.3, 0.4) is 0 Å². The lowest BCUT2D eigenvalue weighted by atomic mass is 10.2. The topological polar surface area (TPSA) is 30.7 Å². The lowest BCUT2D eigenvalue weighted by Gasteiger charge is -2.04. The first-order chi connectivity index (χ1) is 11.6. The van der Waals surface area contributed by atoms with Crippen molar-refractivity contribution in [3.63, 3.8) is 0 Å². The molecule has 24 heavy (non-hydrogen) atoms. The summed E-state index contributed by atoms with van der Waals surface area (Å²) in [4.78, 5) is 5.83. The molecule has 3 nitrogen and oxygen atoms in total. The van der Waals surface area contributed by atoms with Crippen LogP contribution in [-0.4, -0.2) is 14.8 Å². The third kappa shape index (κ3) is 2.51. The Balaban J connectivity index is 1.87. The third-order valence-corrected chi connectivity index (χ3v) is 5.25. The molecule has 2 heterocycles. The minimum atomic E-state index is -0.209. The van der Waals surface area contributed by atoms with Gasteiger partial charge >= 0.3 is 0 Å². The van der Waals surface area contributed by atoms with Crippen LogP contribution in [-0.2, 0) is 6.54 Å². The first kappa shape index (κ1) is 15.0. The Bertz CT molecular complexity index is 1010. The molecule has 2 aromatic carbocycles. The minimum Gasteiger partial charge on any atom is -0.260 e. The summed E-state index contributed by atoms with van der Waals surface area (Å²) >= 11 is 1.64. The molecule has 0 radical (unpaired) electrons. The van der Waals surface area contributed by atoms with Gasteiger partial charge in [0, 0.05) is 15.8 Å². The largest absolute Gasteiger partial charge is 0.260 e. The highest BCUT2D eigenvalue weighted by atomic mass is 32.1. The summed E-state index contributed by atoms with van der Waals surface area (Å²) in [5.41, 5.74) is 3.51. The molecule has 0 spiro atoms. The summed E-state index contributed by atoms with van der Waals surface area (Å²) in [7, 11) is 0. The molecule has 0 amide bonds. The van der Waals surface area contributed by atoms with Crippen LogP contribution >= 0.6 is 11.3 Å². The molecular formula is C19H16FN3S. The van der Waals surface area contributed by atoms with E-state index >= 15 is 0 Å². The number of benzene rings is 2. The molecule has 0 fully saturated rings. The second kappa shape index (κ2) is 5.83. The molecule has 0 bridgehead atoms. The van der Waals surface area contributed by atoms with Gasteiger partial charge in [0.1, 0.15) is 16.5 Å². The number of hydrogen-bond acceptors (Lipinski definition) is 3. The third-order valence-electron chi connectivity index (χ3n) is 4.17. The van der Waals surface area contributed by atoms with Crippen LogP contribution in [0.25, 0.3) is 21.6 Å². The van der Waals surface area contributed by atoms with Crippen molar-refractivity contribution in [3.8, 4) is 10.7 Å². The van der Waals surface area contributed by atoms with E-state index in [2.05, 4.69) is 11.9 Å². The van der Waals surface area contributed by atoms with E-state index in [0.717, 1.165) is 27.3 Å². The van der Waals surface area contributed by atoms with Crippen LogP contribution in [0.15, 0.2) is 48.5 Å². The van der Waals surface area contributed by atoms with E-state index in [9.17, 15) is 4.39 Å². The Morgan fingerprint density at radius 3 is 2.54 bits per heavy atom. The van der Waals surface area contributed by atoms with Crippen LogP contribution in [0.2, 0.25) is 0 Å². The molecule has 0 aliphatic carbocycles. The molecule has 0 saturated carbocycles. The fraction of sp³-hybridized carbons (Fsp3) is 0.158. The van der Waals surface area contributed by atoms with Crippen molar-refractivity contribution in [3.05, 3.63) is 70.5 Å². The first-order valence-corrected chi connectivity index (χ1v) is 8.58. The van der Waals surface area contributed by atoms with Gasteiger partial charge in [-0.1, -0.05) is 36.4 Å². The Labute approximate surface area is 143 Å². The van der Waals surface area contributed by atoms with Crippen molar-refractivity contribution in [2.24, 2.45) is 0 Å². The zero-order valence-electron chi connectivity index (χ0n) is 13.5. The summed E-state index contributed by atoms with van der Waals surface area (Å²) in [6.07, 6.45) is 0. The van der Waals surface area contributed by atoms with Crippen LogP contribution in [0.5, 0.6) is 0 Å². The van der Waals surface area contributed by atoms with E-state index in [0.29, 0.717) is 12.1 Å². The summed E-state index contributed by atoms with van der Waals surface area (Å²) < 4.78 is 15.9. The van der Waals surface area contributed by atoms with Gasteiger partial charge in [0.25, 0.3) is 0 Å². The Morgan fingerprint density at radius 1 is 1.04 bits per heavy atom. The van der Waals surface area contributed by atoms with Gasteiger partial charge < -0.3 is 0 Å². The molecule has 4 aromatic rings. The summed E-state index contributed by atoms with van der Waals surface area (Å²) in [6, 6.07) is 14.9. The van der Waals surface area contributed by atoms with Gasteiger partial charge in [-0.05, 0) is 26.0 Å².